The molecule has 5 atom stereocenters. The van der Waals surface area contributed by atoms with Crippen molar-refractivity contribution in [3.63, 3.8) is 0 Å². The second-order valence-electron chi connectivity index (χ2n) is 6.49. The Morgan fingerprint density at radius 1 is 0.792 bits per heavy atom. The number of carbonyl (C=O) groups is 1. The van der Waals surface area contributed by atoms with E-state index in [0.717, 1.165) is 38.5 Å². The van der Waals surface area contributed by atoms with Gasteiger partial charge in [-0.05, 0) is 12.8 Å². The van der Waals surface area contributed by atoms with Crippen LogP contribution in [0.25, 0.3) is 0 Å². The third-order valence-corrected chi connectivity index (χ3v) is 4.66. The summed E-state index contributed by atoms with van der Waals surface area (Å²) < 4.78 is 0. The highest BCUT2D eigenvalue weighted by atomic mass is 16.4. The first-order valence-electron chi connectivity index (χ1n) is 8.70. The van der Waals surface area contributed by atoms with Crippen LogP contribution in [-0.2, 0) is 4.79 Å². The lowest BCUT2D eigenvalue weighted by Gasteiger charge is -2.46. The Balaban J connectivity index is 2.22. The predicted octanol–water partition coefficient (Wildman–Crippen LogP) is -0.731. The van der Waals surface area contributed by atoms with Gasteiger partial charge in [-0.15, -0.1) is 0 Å². The number of carboxylic acids is 1. The van der Waals surface area contributed by atoms with Gasteiger partial charge in [0.25, 0.3) is 0 Å². The average Bonchev–Trinajstić information content (AvgIpc) is 2.55. The number of nitrogens with zero attached hydrogens (tertiary/aromatic N) is 1. The molecule has 1 aliphatic heterocycles. The highest BCUT2D eigenvalue weighted by Crippen LogP contribution is 2.24. The third kappa shape index (κ3) is 6.27. The summed E-state index contributed by atoms with van der Waals surface area (Å²) in [7, 11) is 0. The number of unbranched alkanes of at least 4 members (excludes halogenated alkanes) is 6. The molecule has 8 heteroatoms. The maximum atomic E-state index is 10.4. The quantitative estimate of drug-likeness (QED) is 0.268. The molecule has 0 aromatic heterocycles. The number of likely N-dealkylation sites (tertiary alicyclic amines) is 1. The molecule has 24 heavy (non-hydrogen) atoms. The topological polar surface area (TPSA) is 142 Å². The number of hydrogen-bond donors (Lipinski definition) is 6. The normalized spacial score (nSPS) is 31.3. The summed E-state index contributed by atoms with van der Waals surface area (Å²) in [5, 5.41) is 57.2. The van der Waals surface area contributed by atoms with E-state index in [1.807, 2.05) is 0 Å². The van der Waals surface area contributed by atoms with E-state index in [1.54, 1.807) is 0 Å². The first-order valence-corrected chi connectivity index (χ1v) is 8.70. The summed E-state index contributed by atoms with van der Waals surface area (Å²) in [5.74, 6) is -0.761. The number of aliphatic carboxylic acids is 1. The Labute approximate surface area is 142 Å². The summed E-state index contributed by atoms with van der Waals surface area (Å²) in [6.07, 6.45) is 0.882. The molecule has 1 fully saturated rings. The van der Waals surface area contributed by atoms with Crippen molar-refractivity contribution in [2.75, 3.05) is 13.2 Å². The van der Waals surface area contributed by atoms with Crippen LogP contribution in [0.3, 0.4) is 0 Å². The summed E-state index contributed by atoms with van der Waals surface area (Å²) in [5.41, 5.74) is 0. The van der Waals surface area contributed by atoms with E-state index in [9.17, 15) is 30.3 Å². The summed E-state index contributed by atoms with van der Waals surface area (Å²) in [6, 6.07) is -0.797. The Kier molecular flexibility index (Phi) is 9.72. The lowest BCUT2D eigenvalue weighted by molar-refractivity contribution is -0.222. The predicted molar refractivity (Wildman–Crippen MR) is 86.2 cm³/mol. The van der Waals surface area contributed by atoms with E-state index >= 15 is 0 Å². The lowest BCUT2D eigenvalue weighted by Crippen LogP contribution is -2.67. The van der Waals surface area contributed by atoms with Crippen LogP contribution < -0.4 is 0 Å². The molecule has 1 saturated heterocycles. The number of aliphatic hydroxyl groups excluding tert-OH is 5. The molecule has 142 valence electrons. The van der Waals surface area contributed by atoms with Gasteiger partial charge in [0, 0.05) is 13.0 Å². The second kappa shape index (κ2) is 11.0. The number of piperidine rings is 1. The molecular weight excluding hydrogens is 318 g/mol. The number of carboxylic acid groups (broad SMARTS) is 1. The molecule has 1 rings (SSSR count). The highest BCUT2D eigenvalue weighted by Gasteiger charge is 2.46. The van der Waals surface area contributed by atoms with Gasteiger partial charge in [-0.1, -0.05) is 32.1 Å². The molecule has 0 amide bonds. The molecule has 0 saturated carbocycles. The molecule has 0 radical (unpaired) electrons. The molecule has 0 aromatic carbocycles. The zero-order chi connectivity index (χ0) is 18.1. The van der Waals surface area contributed by atoms with Crippen LogP contribution in [0.1, 0.15) is 51.4 Å². The summed E-state index contributed by atoms with van der Waals surface area (Å²) in [4.78, 5) is 11.8. The van der Waals surface area contributed by atoms with Gasteiger partial charge >= 0.3 is 5.97 Å². The van der Waals surface area contributed by atoms with Crippen LogP contribution in [0.5, 0.6) is 0 Å². The number of hydrogen-bond acceptors (Lipinski definition) is 7. The first-order chi connectivity index (χ1) is 11.4. The molecule has 1 heterocycles. The Morgan fingerprint density at radius 2 is 1.33 bits per heavy atom. The second-order valence-corrected chi connectivity index (χ2v) is 6.49. The summed E-state index contributed by atoms with van der Waals surface area (Å²) >= 11 is 0. The van der Waals surface area contributed by atoms with Gasteiger partial charge in [0.2, 0.25) is 0 Å². The zero-order valence-electron chi connectivity index (χ0n) is 14.0. The number of aliphatic hydroxyl groups is 5. The fourth-order valence-electron chi connectivity index (χ4n) is 3.16. The van der Waals surface area contributed by atoms with E-state index in [1.165, 1.54) is 4.90 Å². The van der Waals surface area contributed by atoms with Crippen molar-refractivity contribution in [3.05, 3.63) is 0 Å². The van der Waals surface area contributed by atoms with Gasteiger partial charge in [0.1, 0.15) is 24.5 Å². The van der Waals surface area contributed by atoms with E-state index in [2.05, 4.69) is 0 Å². The minimum atomic E-state index is -1.47. The third-order valence-electron chi connectivity index (χ3n) is 4.66. The van der Waals surface area contributed by atoms with Crippen LogP contribution in [0.15, 0.2) is 0 Å². The maximum Gasteiger partial charge on any atom is 0.303 e. The van der Waals surface area contributed by atoms with Crippen LogP contribution in [0.2, 0.25) is 0 Å². The zero-order valence-corrected chi connectivity index (χ0v) is 14.0. The van der Waals surface area contributed by atoms with E-state index in [0.29, 0.717) is 13.0 Å². The lowest BCUT2D eigenvalue weighted by atomic mass is 9.92. The SMILES string of the molecule is O=C(O)CCCCCCCCCN1C(O)[C@H](O)[C@@H](O)[C@H](O)[C@H]1CO. The standard InChI is InChI=1S/C16H31NO7/c18-10-11-13(21)14(22)15(23)16(24)17(11)9-7-5-3-1-2-4-6-8-12(19)20/h11,13-16,18,21-24H,1-10H2,(H,19,20)/t11-,13-,14+,15-,16?/m1/s1. The highest BCUT2D eigenvalue weighted by molar-refractivity contribution is 5.66. The van der Waals surface area contributed by atoms with Crippen molar-refractivity contribution in [1.82, 2.24) is 4.90 Å². The van der Waals surface area contributed by atoms with Crippen LogP contribution >= 0.6 is 0 Å². The van der Waals surface area contributed by atoms with E-state index in [4.69, 9.17) is 5.11 Å². The molecular formula is C16H31NO7. The van der Waals surface area contributed by atoms with Gasteiger partial charge in [-0.2, -0.15) is 0 Å². The molecule has 0 spiro atoms. The van der Waals surface area contributed by atoms with Crippen LogP contribution in [0, 0.1) is 0 Å². The fraction of sp³-hybridized carbons (Fsp3) is 0.938. The monoisotopic (exact) mass is 349 g/mol. The van der Waals surface area contributed by atoms with Crippen molar-refractivity contribution in [2.24, 2.45) is 0 Å². The number of rotatable bonds is 11. The smallest absolute Gasteiger partial charge is 0.303 e. The Morgan fingerprint density at radius 3 is 1.88 bits per heavy atom. The average molecular weight is 349 g/mol. The molecule has 6 N–H and O–H groups in total. The van der Waals surface area contributed by atoms with Crippen molar-refractivity contribution in [1.29, 1.82) is 0 Å². The fourth-order valence-corrected chi connectivity index (χ4v) is 3.16. The Bertz CT molecular complexity index is 368. The van der Waals surface area contributed by atoms with E-state index < -0.39 is 43.2 Å². The van der Waals surface area contributed by atoms with Crippen molar-refractivity contribution in [3.8, 4) is 0 Å². The van der Waals surface area contributed by atoms with Gasteiger partial charge in [-0.3, -0.25) is 9.69 Å². The van der Waals surface area contributed by atoms with Crippen molar-refractivity contribution in [2.45, 2.75) is 81.9 Å². The Hall–Kier alpha value is -0.770. The largest absolute Gasteiger partial charge is 0.481 e. The first kappa shape index (κ1) is 21.3. The molecule has 8 nitrogen and oxygen atoms in total. The van der Waals surface area contributed by atoms with Gasteiger partial charge in [-0.25, -0.2) is 0 Å². The molecule has 0 aliphatic carbocycles. The molecule has 1 aliphatic rings. The van der Waals surface area contributed by atoms with Gasteiger partial charge in [0.05, 0.1) is 12.6 Å². The van der Waals surface area contributed by atoms with Gasteiger partial charge in [0.15, 0.2) is 0 Å². The van der Waals surface area contributed by atoms with Crippen LogP contribution in [0.4, 0.5) is 0 Å². The molecule has 0 bridgehead atoms. The maximum absolute atomic E-state index is 10.4. The van der Waals surface area contributed by atoms with Crippen LogP contribution in [-0.4, -0.2) is 85.2 Å². The molecule has 0 aromatic rings. The minimum absolute atomic E-state index is 0.214. The summed E-state index contributed by atoms with van der Waals surface area (Å²) in [6.45, 7) is -0.00215. The van der Waals surface area contributed by atoms with E-state index in [-0.39, 0.29) is 6.42 Å². The van der Waals surface area contributed by atoms with Crippen molar-refractivity contribution >= 4 is 5.97 Å². The molecule has 1 unspecified atom stereocenters. The van der Waals surface area contributed by atoms with Gasteiger partial charge < -0.3 is 30.6 Å². The van der Waals surface area contributed by atoms with Crippen molar-refractivity contribution < 1.29 is 35.4 Å². The minimum Gasteiger partial charge on any atom is -0.481 e.